The van der Waals surface area contributed by atoms with Crippen LogP contribution in [0.1, 0.15) is 0 Å². The molecule has 0 spiro atoms. The summed E-state index contributed by atoms with van der Waals surface area (Å²) in [6.45, 7) is 0. The fourth-order valence-corrected chi connectivity index (χ4v) is 4.48. The number of benzene rings is 2. The molecule has 0 unspecified atom stereocenters. The van der Waals surface area contributed by atoms with Gasteiger partial charge in [-0.1, -0.05) is 42.1 Å². The van der Waals surface area contributed by atoms with Crippen molar-refractivity contribution in [2.24, 2.45) is 0 Å². The van der Waals surface area contributed by atoms with E-state index < -0.39 is 0 Å². The van der Waals surface area contributed by atoms with Gasteiger partial charge in [0.15, 0.2) is 4.34 Å². The number of hydrogen-bond donors (Lipinski definition) is 1. The minimum absolute atomic E-state index is 0.577. The van der Waals surface area contributed by atoms with Crippen molar-refractivity contribution in [1.29, 1.82) is 0 Å². The molecule has 1 N–H and O–H groups in total. The van der Waals surface area contributed by atoms with Crippen LogP contribution in [-0.2, 0) is 0 Å². The zero-order valence-corrected chi connectivity index (χ0v) is 15.4. The van der Waals surface area contributed by atoms with Gasteiger partial charge in [0.25, 0.3) is 0 Å². The van der Waals surface area contributed by atoms with Crippen molar-refractivity contribution >= 4 is 39.0 Å². The van der Waals surface area contributed by atoms with Gasteiger partial charge in [0.05, 0.1) is 5.69 Å². The Morgan fingerprint density at radius 1 is 1.04 bits per heavy atom. The smallest absolute Gasteiger partial charge is 0.204 e. The van der Waals surface area contributed by atoms with Crippen molar-refractivity contribution in [3.8, 4) is 22.6 Å². The summed E-state index contributed by atoms with van der Waals surface area (Å²) in [4.78, 5) is 5.78. The van der Waals surface area contributed by atoms with Gasteiger partial charge in [-0.2, -0.15) is 5.21 Å². The largest absolute Gasteiger partial charge is 0.229 e. The summed E-state index contributed by atoms with van der Waals surface area (Å²) in [6.07, 6.45) is 0. The predicted molar refractivity (Wildman–Crippen MR) is 99.0 cm³/mol. The van der Waals surface area contributed by atoms with Crippen LogP contribution in [0.2, 0.25) is 0 Å². The number of aromatic nitrogens is 5. The number of rotatable bonds is 4. The molecule has 4 rings (SSSR count). The van der Waals surface area contributed by atoms with E-state index >= 15 is 0 Å². The SMILES string of the molecule is Brc1ccc(-c2nn[nH]n2)cc1Sc1nc(-c2ccccc2)cs1. The summed E-state index contributed by atoms with van der Waals surface area (Å²) in [7, 11) is 0. The lowest BCUT2D eigenvalue weighted by Gasteiger charge is -2.03. The second kappa shape index (κ2) is 6.84. The van der Waals surface area contributed by atoms with Crippen molar-refractivity contribution < 1.29 is 0 Å². The van der Waals surface area contributed by atoms with Crippen LogP contribution in [0.15, 0.2) is 67.6 Å². The van der Waals surface area contributed by atoms with Gasteiger partial charge in [0, 0.05) is 25.9 Å². The lowest BCUT2D eigenvalue weighted by molar-refractivity contribution is 0.881. The van der Waals surface area contributed by atoms with Crippen LogP contribution < -0.4 is 0 Å². The van der Waals surface area contributed by atoms with Gasteiger partial charge < -0.3 is 0 Å². The predicted octanol–water partition coefficient (Wildman–Crippen LogP) is 4.90. The van der Waals surface area contributed by atoms with Gasteiger partial charge >= 0.3 is 0 Å². The van der Waals surface area contributed by atoms with E-state index in [-0.39, 0.29) is 0 Å². The molecule has 24 heavy (non-hydrogen) atoms. The first-order valence-electron chi connectivity index (χ1n) is 7.02. The summed E-state index contributed by atoms with van der Waals surface area (Å²) < 4.78 is 2.00. The van der Waals surface area contributed by atoms with Crippen molar-refractivity contribution in [2.75, 3.05) is 0 Å². The average Bonchev–Trinajstić information content (AvgIpc) is 3.29. The molecule has 2 aromatic carbocycles. The van der Waals surface area contributed by atoms with Gasteiger partial charge in [-0.3, -0.25) is 0 Å². The van der Waals surface area contributed by atoms with Crippen molar-refractivity contribution in [1.82, 2.24) is 25.6 Å². The van der Waals surface area contributed by atoms with Crippen LogP contribution in [0.5, 0.6) is 0 Å². The van der Waals surface area contributed by atoms with Crippen LogP contribution in [-0.4, -0.2) is 25.6 Å². The van der Waals surface area contributed by atoms with E-state index in [1.807, 2.05) is 36.4 Å². The molecular formula is C16H10BrN5S2. The van der Waals surface area contributed by atoms with Gasteiger partial charge in [-0.05, 0) is 39.3 Å². The zero-order chi connectivity index (χ0) is 16.4. The number of aromatic amines is 1. The molecule has 0 bridgehead atoms. The Bertz CT molecular complexity index is 954. The first-order chi connectivity index (χ1) is 11.8. The Hall–Kier alpha value is -2.03. The molecule has 8 heteroatoms. The van der Waals surface area contributed by atoms with E-state index in [2.05, 4.69) is 54.1 Å². The molecule has 0 amide bonds. The molecule has 5 nitrogen and oxygen atoms in total. The third-order valence-corrected chi connectivity index (χ3v) is 6.23. The van der Waals surface area contributed by atoms with E-state index in [9.17, 15) is 0 Å². The highest BCUT2D eigenvalue weighted by molar-refractivity contribution is 9.10. The minimum Gasteiger partial charge on any atom is -0.229 e. The third-order valence-electron chi connectivity index (χ3n) is 3.28. The molecule has 2 heterocycles. The van der Waals surface area contributed by atoms with Crippen LogP contribution in [0.25, 0.3) is 22.6 Å². The van der Waals surface area contributed by atoms with Crippen LogP contribution in [0.4, 0.5) is 0 Å². The second-order valence-corrected chi connectivity index (χ2v) is 7.85. The first-order valence-corrected chi connectivity index (χ1v) is 9.51. The number of nitrogens with one attached hydrogen (secondary N) is 1. The summed E-state index contributed by atoms with van der Waals surface area (Å²) in [5.41, 5.74) is 3.03. The lowest BCUT2D eigenvalue weighted by Crippen LogP contribution is -1.84. The summed E-state index contributed by atoms with van der Waals surface area (Å²) in [5.74, 6) is 0.577. The van der Waals surface area contributed by atoms with Crippen LogP contribution in [0, 0.1) is 0 Å². The van der Waals surface area contributed by atoms with Crippen LogP contribution in [0.3, 0.4) is 0 Å². The minimum atomic E-state index is 0.577. The Morgan fingerprint density at radius 3 is 2.71 bits per heavy atom. The molecule has 0 aliphatic carbocycles. The highest BCUT2D eigenvalue weighted by Crippen LogP contribution is 2.38. The van der Waals surface area contributed by atoms with Gasteiger partial charge in [-0.15, -0.1) is 21.5 Å². The number of hydrogen-bond acceptors (Lipinski definition) is 6. The Balaban J connectivity index is 1.62. The molecule has 0 radical (unpaired) electrons. The third kappa shape index (κ3) is 3.26. The van der Waals surface area contributed by atoms with E-state index in [0.717, 1.165) is 30.5 Å². The van der Waals surface area contributed by atoms with Gasteiger partial charge in [0.2, 0.25) is 5.82 Å². The van der Waals surface area contributed by atoms with Crippen molar-refractivity contribution in [3.63, 3.8) is 0 Å². The lowest BCUT2D eigenvalue weighted by atomic mass is 10.2. The number of H-pyrrole nitrogens is 1. The quantitative estimate of drug-likeness (QED) is 0.512. The second-order valence-electron chi connectivity index (χ2n) is 4.85. The monoisotopic (exact) mass is 415 g/mol. The molecule has 0 saturated heterocycles. The topological polar surface area (TPSA) is 67.3 Å². The van der Waals surface area contributed by atoms with E-state index in [0.29, 0.717) is 5.82 Å². The molecular weight excluding hydrogens is 406 g/mol. The standard InChI is InChI=1S/C16H10BrN5S2/c17-12-7-6-11(15-19-21-22-20-15)8-14(12)24-16-18-13(9-23-16)10-4-2-1-3-5-10/h1-9H,(H,19,20,21,22). The molecule has 0 saturated carbocycles. The maximum atomic E-state index is 4.72. The summed E-state index contributed by atoms with van der Waals surface area (Å²) >= 11 is 6.84. The first kappa shape index (κ1) is 15.5. The van der Waals surface area contributed by atoms with Crippen molar-refractivity contribution in [2.45, 2.75) is 9.24 Å². The maximum absolute atomic E-state index is 4.72. The number of tetrazole rings is 1. The van der Waals surface area contributed by atoms with E-state index in [4.69, 9.17) is 4.98 Å². The number of nitrogens with zero attached hydrogens (tertiary/aromatic N) is 4. The van der Waals surface area contributed by atoms with Gasteiger partial charge in [0.1, 0.15) is 0 Å². The zero-order valence-electron chi connectivity index (χ0n) is 12.2. The fraction of sp³-hybridized carbons (Fsp3) is 0. The van der Waals surface area contributed by atoms with Gasteiger partial charge in [-0.25, -0.2) is 4.98 Å². The molecule has 0 atom stereocenters. The molecule has 2 aromatic heterocycles. The summed E-state index contributed by atoms with van der Waals surface area (Å²) in [6, 6.07) is 16.1. The Morgan fingerprint density at radius 2 is 1.92 bits per heavy atom. The fourth-order valence-electron chi connectivity index (χ4n) is 2.14. The van der Waals surface area contributed by atoms with E-state index in [1.54, 1.807) is 23.1 Å². The molecule has 0 aliphatic rings. The average molecular weight is 416 g/mol. The Labute approximate surface area is 154 Å². The van der Waals surface area contributed by atoms with E-state index in [1.165, 1.54) is 0 Å². The summed E-state index contributed by atoms with van der Waals surface area (Å²) in [5, 5.41) is 16.2. The Kier molecular flexibility index (Phi) is 4.42. The number of thiazole rings is 1. The maximum Gasteiger partial charge on any atom is 0.204 e. The van der Waals surface area contributed by atoms with Crippen molar-refractivity contribution in [3.05, 3.63) is 58.4 Å². The molecule has 4 aromatic rings. The number of halogens is 1. The highest BCUT2D eigenvalue weighted by atomic mass is 79.9. The normalized spacial score (nSPS) is 10.9. The molecule has 118 valence electrons. The van der Waals surface area contributed by atoms with Crippen LogP contribution >= 0.6 is 39.0 Å². The molecule has 0 aliphatic heterocycles. The highest BCUT2D eigenvalue weighted by Gasteiger charge is 2.11. The molecule has 0 fully saturated rings.